The summed E-state index contributed by atoms with van der Waals surface area (Å²) >= 11 is 0. The molecule has 0 bridgehead atoms. The van der Waals surface area contributed by atoms with Gasteiger partial charge in [-0.1, -0.05) is 6.07 Å². The minimum Gasteiger partial charge on any atom is -0.341 e. The third kappa shape index (κ3) is 2.41. The first kappa shape index (κ1) is 11.5. The van der Waals surface area contributed by atoms with Gasteiger partial charge in [0.15, 0.2) is 17.4 Å². The van der Waals surface area contributed by atoms with E-state index in [2.05, 4.69) is 0 Å². The molecule has 0 spiro atoms. The normalized spacial score (nSPS) is 10.5. The van der Waals surface area contributed by atoms with Crippen molar-refractivity contribution in [2.45, 2.75) is 13.5 Å². The van der Waals surface area contributed by atoms with Crippen LogP contribution in [0.2, 0.25) is 0 Å². The maximum atomic E-state index is 13.0. The number of aromatic nitrogens is 1. The Morgan fingerprint density at radius 1 is 1.24 bits per heavy atom. The molecule has 1 heterocycles. The first-order valence-electron chi connectivity index (χ1n) is 5.18. The lowest BCUT2D eigenvalue weighted by atomic mass is 10.2. The van der Waals surface area contributed by atoms with E-state index in [1.165, 1.54) is 13.0 Å². The van der Waals surface area contributed by atoms with Crippen LogP contribution in [0.5, 0.6) is 0 Å². The van der Waals surface area contributed by atoms with Crippen LogP contribution >= 0.6 is 0 Å². The lowest BCUT2D eigenvalue weighted by molar-refractivity contribution is 0.100. The number of nitrogens with zero attached hydrogens (tertiary/aromatic N) is 1. The van der Waals surface area contributed by atoms with Gasteiger partial charge >= 0.3 is 0 Å². The molecule has 4 heteroatoms. The lowest BCUT2D eigenvalue weighted by Gasteiger charge is -2.07. The number of hydrogen-bond donors (Lipinski definition) is 0. The molecule has 0 atom stereocenters. The van der Waals surface area contributed by atoms with Crippen molar-refractivity contribution in [1.29, 1.82) is 0 Å². The van der Waals surface area contributed by atoms with Gasteiger partial charge in [0.05, 0.1) is 5.69 Å². The van der Waals surface area contributed by atoms with Crippen molar-refractivity contribution in [2.24, 2.45) is 0 Å². The minimum absolute atomic E-state index is 0.0578. The number of rotatable bonds is 3. The molecule has 0 aliphatic carbocycles. The van der Waals surface area contributed by atoms with Gasteiger partial charge in [-0.25, -0.2) is 8.78 Å². The first-order valence-corrected chi connectivity index (χ1v) is 5.18. The lowest BCUT2D eigenvalue weighted by Crippen LogP contribution is -2.07. The fraction of sp³-hybridized carbons (Fsp3) is 0.154. The van der Waals surface area contributed by atoms with Crippen LogP contribution in [0, 0.1) is 11.6 Å². The number of carbonyl (C=O) groups is 1. The van der Waals surface area contributed by atoms with Gasteiger partial charge in [-0.15, -0.1) is 0 Å². The molecule has 88 valence electrons. The summed E-state index contributed by atoms with van der Waals surface area (Å²) in [6.45, 7) is 1.82. The SMILES string of the molecule is CC(=O)c1cccn1Cc1ccc(F)c(F)c1. The molecule has 0 unspecified atom stereocenters. The molecule has 0 saturated carbocycles. The fourth-order valence-electron chi connectivity index (χ4n) is 1.71. The number of carbonyl (C=O) groups excluding carboxylic acids is 1. The van der Waals surface area contributed by atoms with E-state index in [9.17, 15) is 13.6 Å². The molecular weight excluding hydrogens is 224 g/mol. The van der Waals surface area contributed by atoms with Crippen LogP contribution in [0.4, 0.5) is 8.78 Å². The molecule has 0 amide bonds. The van der Waals surface area contributed by atoms with E-state index in [1.54, 1.807) is 22.9 Å². The quantitative estimate of drug-likeness (QED) is 0.749. The Bertz CT molecular complexity index is 560. The van der Waals surface area contributed by atoms with Gasteiger partial charge in [-0.2, -0.15) is 0 Å². The summed E-state index contributed by atoms with van der Waals surface area (Å²) in [4.78, 5) is 11.3. The van der Waals surface area contributed by atoms with Crippen LogP contribution in [0.15, 0.2) is 36.5 Å². The summed E-state index contributed by atoms with van der Waals surface area (Å²) in [5, 5.41) is 0. The van der Waals surface area contributed by atoms with Gasteiger partial charge in [-0.05, 0) is 29.8 Å². The van der Waals surface area contributed by atoms with Crippen LogP contribution in [0.25, 0.3) is 0 Å². The molecule has 17 heavy (non-hydrogen) atoms. The molecule has 1 aromatic heterocycles. The standard InChI is InChI=1S/C13H11F2NO/c1-9(17)13-3-2-6-16(13)8-10-4-5-11(14)12(15)7-10/h2-7H,8H2,1H3. The molecule has 0 aliphatic rings. The number of Topliss-reactive ketones (excluding diaryl/α,β-unsaturated/α-hetero) is 1. The Balaban J connectivity index is 2.28. The Labute approximate surface area is 97.5 Å². The van der Waals surface area contributed by atoms with Gasteiger partial charge in [0.25, 0.3) is 0 Å². The highest BCUT2D eigenvalue weighted by Crippen LogP contribution is 2.12. The van der Waals surface area contributed by atoms with E-state index in [4.69, 9.17) is 0 Å². The third-order valence-corrected chi connectivity index (χ3v) is 2.53. The molecule has 0 N–H and O–H groups in total. The molecular formula is C13H11F2NO. The van der Waals surface area contributed by atoms with Crippen LogP contribution < -0.4 is 0 Å². The van der Waals surface area contributed by atoms with Crippen LogP contribution in [0.1, 0.15) is 23.0 Å². The first-order chi connectivity index (χ1) is 8.08. The molecule has 2 nitrogen and oxygen atoms in total. The maximum absolute atomic E-state index is 13.0. The van der Waals surface area contributed by atoms with E-state index in [0.29, 0.717) is 17.8 Å². The van der Waals surface area contributed by atoms with Crippen LogP contribution in [-0.2, 0) is 6.54 Å². The van der Waals surface area contributed by atoms with E-state index in [1.807, 2.05) is 0 Å². The van der Waals surface area contributed by atoms with E-state index < -0.39 is 11.6 Å². The van der Waals surface area contributed by atoms with Crippen molar-refractivity contribution >= 4 is 5.78 Å². The predicted molar refractivity (Wildman–Crippen MR) is 59.9 cm³/mol. The minimum atomic E-state index is -0.876. The van der Waals surface area contributed by atoms with Crippen molar-refractivity contribution in [3.8, 4) is 0 Å². The smallest absolute Gasteiger partial charge is 0.176 e. The zero-order valence-corrected chi connectivity index (χ0v) is 9.28. The number of halogens is 2. The summed E-state index contributed by atoms with van der Waals surface area (Å²) in [5.41, 5.74) is 1.16. The summed E-state index contributed by atoms with van der Waals surface area (Å²) in [6.07, 6.45) is 1.73. The third-order valence-electron chi connectivity index (χ3n) is 2.53. The maximum Gasteiger partial charge on any atom is 0.176 e. The fourth-order valence-corrected chi connectivity index (χ4v) is 1.71. The van der Waals surface area contributed by atoms with Gasteiger partial charge < -0.3 is 4.57 Å². The Morgan fingerprint density at radius 2 is 2.00 bits per heavy atom. The summed E-state index contributed by atoms with van der Waals surface area (Å²) in [5.74, 6) is -1.80. The molecule has 0 fully saturated rings. The molecule has 2 rings (SSSR count). The van der Waals surface area contributed by atoms with Gasteiger partial charge in [0.1, 0.15) is 0 Å². The number of ketones is 1. The summed E-state index contributed by atoms with van der Waals surface area (Å²) < 4.78 is 27.5. The van der Waals surface area contributed by atoms with Crippen LogP contribution in [0.3, 0.4) is 0 Å². The van der Waals surface area contributed by atoms with Crippen molar-refractivity contribution in [2.75, 3.05) is 0 Å². The Hall–Kier alpha value is -1.97. The van der Waals surface area contributed by atoms with Gasteiger partial charge in [0.2, 0.25) is 0 Å². The zero-order chi connectivity index (χ0) is 12.4. The highest BCUT2D eigenvalue weighted by Gasteiger charge is 2.07. The van der Waals surface area contributed by atoms with Gasteiger partial charge in [0, 0.05) is 19.7 Å². The van der Waals surface area contributed by atoms with Crippen molar-refractivity contribution in [1.82, 2.24) is 4.57 Å². The second kappa shape index (κ2) is 4.49. The molecule has 0 aliphatic heterocycles. The van der Waals surface area contributed by atoms with Crippen LogP contribution in [-0.4, -0.2) is 10.4 Å². The topological polar surface area (TPSA) is 22.0 Å². The zero-order valence-electron chi connectivity index (χ0n) is 9.28. The molecule has 0 saturated heterocycles. The average molecular weight is 235 g/mol. The highest BCUT2D eigenvalue weighted by molar-refractivity contribution is 5.92. The van der Waals surface area contributed by atoms with Crippen molar-refractivity contribution in [3.63, 3.8) is 0 Å². The molecule has 1 aromatic carbocycles. The van der Waals surface area contributed by atoms with Gasteiger partial charge in [-0.3, -0.25) is 4.79 Å². The molecule has 0 radical (unpaired) electrons. The number of hydrogen-bond acceptors (Lipinski definition) is 1. The average Bonchev–Trinajstić information content (AvgIpc) is 2.72. The number of benzene rings is 1. The Morgan fingerprint density at radius 3 is 2.65 bits per heavy atom. The largest absolute Gasteiger partial charge is 0.341 e. The summed E-state index contributed by atoms with van der Waals surface area (Å²) in [6, 6.07) is 7.17. The van der Waals surface area contributed by atoms with E-state index >= 15 is 0 Å². The summed E-state index contributed by atoms with van der Waals surface area (Å²) in [7, 11) is 0. The van der Waals surface area contributed by atoms with E-state index in [-0.39, 0.29) is 5.78 Å². The molecule has 2 aromatic rings. The predicted octanol–water partition coefficient (Wildman–Crippen LogP) is 3.02. The van der Waals surface area contributed by atoms with Crippen molar-refractivity contribution in [3.05, 3.63) is 59.4 Å². The van der Waals surface area contributed by atoms with Crippen molar-refractivity contribution < 1.29 is 13.6 Å². The van der Waals surface area contributed by atoms with E-state index in [0.717, 1.165) is 12.1 Å². The highest BCUT2D eigenvalue weighted by atomic mass is 19.2. The monoisotopic (exact) mass is 235 g/mol. The Kier molecular flexibility index (Phi) is 3.04. The second-order valence-corrected chi connectivity index (χ2v) is 3.83. The second-order valence-electron chi connectivity index (χ2n) is 3.83.